The number of nitrogens with zero attached hydrogens (tertiary/aromatic N) is 3. The van der Waals surface area contributed by atoms with Crippen LogP contribution in [0.2, 0.25) is 0 Å². The molecule has 0 aliphatic rings. The summed E-state index contributed by atoms with van der Waals surface area (Å²) in [4.78, 5) is 0.265. The van der Waals surface area contributed by atoms with Crippen LogP contribution in [0, 0.1) is 5.82 Å². The van der Waals surface area contributed by atoms with Gasteiger partial charge < -0.3 is 9.88 Å². The summed E-state index contributed by atoms with van der Waals surface area (Å²) in [5, 5.41) is 8.05. The van der Waals surface area contributed by atoms with E-state index < -0.39 is 10.0 Å². The van der Waals surface area contributed by atoms with Crippen molar-refractivity contribution in [3.05, 3.63) is 60.0 Å². The van der Waals surface area contributed by atoms with Crippen LogP contribution in [0.5, 0.6) is 0 Å². The number of hydrazone groups is 1. The highest BCUT2D eigenvalue weighted by molar-refractivity contribution is 7.89. The van der Waals surface area contributed by atoms with E-state index in [2.05, 4.69) is 15.8 Å². The van der Waals surface area contributed by atoms with Gasteiger partial charge in [0.2, 0.25) is 10.0 Å². The maximum Gasteiger partial charge on any atom is 0.243 e. The third kappa shape index (κ3) is 5.99. The monoisotopic (exact) mass is 503 g/mol. The van der Waals surface area contributed by atoms with E-state index in [4.69, 9.17) is 12.2 Å². The fraction of sp³-hybridized carbons (Fsp3) is 0.333. The summed E-state index contributed by atoms with van der Waals surface area (Å²) in [5.74, 6) is -0.370. The van der Waals surface area contributed by atoms with Gasteiger partial charge in [-0.2, -0.15) is 9.41 Å². The maximum atomic E-state index is 13.3. The topological polar surface area (TPSA) is 78.7 Å². The number of rotatable bonds is 10. The standard InChI is InChI=1S/C24H30FN5O2S2/c1-4-12-30(13-5-2)34(31,32)21-10-11-23-22(15-21)18(17-29(23)6-3)16-26-28-24(33)27-20-9-7-8-19(25)14-20/h7-11,14-17H,4-6,12-13H2,1-3H3,(H2,27,28,33)/b26-16+. The van der Waals surface area contributed by atoms with Crippen LogP contribution in [0.3, 0.4) is 0 Å². The van der Waals surface area contributed by atoms with Crippen LogP contribution in [-0.4, -0.2) is 41.7 Å². The van der Waals surface area contributed by atoms with E-state index in [1.807, 2.05) is 37.6 Å². The second kappa shape index (κ2) is 11.5. The summed E-state index contributed by atoms with van der Waals surface area (Å²) in [6.07, 6.45) is 5.02. The molecule has 0 radical (unpaired) electrons. The largest absolute Gasteiger partial charge is 0.347 e. The van der Waals surface area contributed by atoms with Crippen LogP contribution in [-0.2, 0) is 16.6 Å². The lowest BCUT2D eigenvalue weighted by molar-refractivity contribution is 0.410. The smallest absolute Gasteiger partial charge is 0.243 e. The van der Waals surface area contributed by atoms with Gasteiger partial charge in [-0.3, -0.25) is 5.43 Å². The number of hydrogen-bond acceptors (Lipinski definition) is 4. The van der Waals surface area contributed by atoms with E-state index in [1.165, 1.54) is 16.4 Å². The number of fused-ring (bicyclic) bond motifs is 1. The van der Waals surface area contributed by atoms with Gasteiger partial charge in [0.1, 0.15) is 5.82 Å². The molecular formula is C24H30FN5O2S2. The highest BCUT2D eigenvalue weighted by Crippen LogP contribution is 2.26. The quantitative estimate of drug-likeness (QED) is 0.233. The second-order valence-electron chi connectivity index (χ2n) is 7.79. The number of hydrogen-bond donors (Lipinski definition) is 2. The zero-order valence-electron chi connectivity index (χ0n) is 19.6. The number of sulfonamides is 1. The summed E-state index contributed by atoms with van der Waals surface area (Å²) in [7, 11) is -3.60. The number of aromatic nitrogens is 1. The van der Waals surface area contributed by atoms with Gasteiger partial charge in [0, 0.05) is 48.0 Å². The van der Waals surface area contributed by atoms with Gasteiger partial charge in [-0.15, -0.1) is 0 Å². The van der Waals surface area contributed by atoms with E-state index in [1.54, 1.807) is 30.5 Å². The van der Waals surface area contributed by atoms with Crippen molar-refractivity contribution in [3.8, 4) is 0 Å². The number of aryl methyl sites for hydroxylation is 1. The van der Waals surface area contributed by atoms with Crippen LogP contribution in [0.1, 0.15) is 39.2 Å². The lowest BCUT2D eigenvalue weighted by atomic mass is 10.2. The van der Waals surface area contributed by atoms with Gasteiger partial charge in [-0.25, -0.2) is 12.8 Å². The fourth-order valence-electron chi connectivity index (χ4n) is 3.71. The first kappa shape index (κ1) is 25.8. The first-order valence-corrected chi connectivity index (χ1v) is 13.1. The summed E-state index contributed by atoms with van der Waals surface area (Å²) in [6, 6.07) is 11.2. The molecule has 10 heteroatoms. The summed E-state index contributed by atoms with van der Waals surface area (Å²) in [5.41, 5.74) is 4.90. The average Bonchev–Trinajstić information content (AvgIpc) is 3.16. The molecule has 182 valence electrons. The number of nitrogens with one attached hydrogen (secondary N) is 2. The Morgan fingerprint density at radius 2 is 1.88 bits per heavy atom. The number of benzene rings is 2. The molecule has 2 N–H and O–H groups in total. The molecule has 0 spiro atoms. The molecule has 0 amide bonds. The number of thiocarbonyl (C=S) groups is 1. The van der Waals surface area contributed by atoms with Gasteiger partial charge >= 0.3 is 0 Å². The summed E-state index contributed by atoms with van der Waals surface area (Å²) < 4.78 is 43.4. The molecule has 0 unspecified atom stereocenters. The van der Waals surface area contributed by atoms with E-state index in [9.17, 15) is 12.8 Å². The molecule has 7 nitrogen and oxygen atoms in total. The predicted octanol–water partition coefficient (Wildman–Crippen LogP) is 4.93. The van der Waals surface area contributed by atoms with Crippen molar-refractivity contribution in [2.45, 2.75) is 45.1 Å². The highest BCUT2D eigenvalue weighted by Gasteiger charge is 2.24. The molecule has 2 aromatic carbocycles. The summed E-state index contributed by atoms with van der Waals surface area (Å²) in [6.45, 7) is 7.65. The van der Waals surface area contributed by atoms with Crippen molar-refractivity contribution in [3.63, 3.8) is 0 Å². The van der Waals surface area contributed by atoms with E-state index in [-0.39, 0.29) is 15.8 Å². The first-order valence-electron chi connectivity index (χ1n) is 11.3. The minimum absolute atomic E-state index is 0.208. The SMILES string of the molecule is CCCN(CCC)S(=O)(=O)c1ccc2c(c1)c(/C=N/NC(=S)Nc1cccc(F)c1)cn2CC. The van der Waals surface area contributed by atoms with Crippen molar-refractivity contribution in [2.75, 3.05) is 18.4 Å². The summed E-state index contributed by atoms with van der Waals surface area (Å²) >= 11 is 5.22. The third-order valence-corrected chi connectivity index (χ3v) is 7.35. The lowest BCUT2D eigenvalue weighted by Crippen LogP contribution is -2.32. The highest BCUT2D eigenvalue weighted by atomic mass is 32.2. The molecule has 3 aromatic rings. The van der Waals surface area contributed by atoms with Gasteiger partial charge in [0.25, 0.3) is 0 Å². The molecule has 34 heavy (non-hydrogen) atoms. The van der Waals surface area contributed by atoms with Gasteiger partial charge in [-0.05, 0) is 68.4 Å². The minimum Gasteiger partial charge on any atom is -0.347 e. The normalized spacial score (nSPS) is 12.0. The average molecular weight is 504 g/mol. The van der Waals surface area contributed by atoms with Crippen LogP contribution in [0.15, 0.2) is 58.7 Å². The Hall–Kier alpha value is -2.82. The maximum absolute atomic E-state index is 13.3. The molecule has 0 atom stereocenters. The van der Waals surface area contributed by atoms with E-state index in [0.29, 0.717) is 18.8 Å². The molecule has 1 heterocycles. The molecule has 0 bridgehead atoms. The Bertz CT molecular complexity index is 1280. The third-order valence-electron chi connectivity index (χ3n) is 5.26. The van der Waals surface area contributed by atoms with E-state index >= 15 is 0 Å². The molecule has 3 rings (SSSR count). The van der Waals surface area contributed by atoms with Gasteiger partial charge in [-0.1, -0.05) is 19.9 Å². The van der Waals surface area contributed by atoms with Crippen molar-refractivity contribution in [1.82, 2.24) is 14.3 Å². The fourth-order valence-corrected chi connectivity index (χ4v) is 5.54. The Morgan fingerprint density at radius 3 is 2.53 bits per heavy atom. The predicted molar refractivity (Wildman–Crippen MR) is 140 cm³/mol. The van der Waals surface area contributed by atoms with Crippen LogP contribution < -0.4 is 10.7 Å². The van der Waals surface area contributed by atoms with Crippen molar-refractivity contribution < 1.29 is 12.8 Å². The van der Waals surface area contributed by atoms with Crippen LogP contribution in [0.25, 0.3) is 10.9 Å². The van der Waals surface area contributed by atoms with Gasteiger partial charge in [0.15, 0.2) is 5.11 Å². The van der Waals surface area contributed by atoms with Crippen LogP contribution in [0.4, 0.5) is 10.1 Å². The Balaban J connectivity index is 1.86. The lowest BCUT2D eigenvalue weighted by Gasteiger charge is -2.21. The van der Waals surface area contributed by atoms with Crippen molar-refractivity contribution in [1.29, 1.82) is 0 Å². The first-order chi connectivity index (χ1) is 16.3. The second-order valence-corrected chi connectivity index (χ2v) is 10.1. The van der Waals surface area contributed by atoms with Crippen molar-refractivity contribution in [2.24, 2.45) is 5.10 Å². The number of halogens is 1. The molecule has 0 saturated carbocycles. The van der Waals surface area contributed by atoms with Crippen molar-refractivity contribution >= 4 is 50.2 Å². The Morgan fingerprint density at radius 1 is 1.15 bits per heavy atom. The van der Waals surface area contributed by atoms with Crippen LogP contribution >= 0.6 is 12.2 Å². The zero-order chi connectivity index (χ0) is 24.7. The molecule has 0 saturated heterocycles. The molecule has 0 aliphatic carbocycles. The molecular weight excluding hydrogens is 473 g/mol. The molecule has 0 aliphatic heterocycles. The van der Waals surface area contributed by atoms with E-state index in [0.717, 1.165) is 35.9 Å². The van der Waals surface area contributed by atoms with Gasteiger partial charge in [0.05, 0.1) is 11.1 Å². The number of anilines is 1. The Labute approximate surface area is 205 Å². The molecule has 1 aromatic heterocycles. The molecule has 0 fully saturated rings. The Kier molecular flexibility index (Phi) is 8.76. The zero-order valence-corrected chi connectivity index (χ0v) is 21.2. The minimum atomic E-state index is -3.60.